The maximum Gasteiger partial charge on any atom is 0.312 e. The van der Waals surface area contributed by atoms with Crippen molar-refractivity contribution >= 4 is 23.5 Å². The lowest BCUT2D eigenvalue weighted by molar-refractivity contribution is -0.160. The van der Waals surface area contributed by atoms with Gasteiger partial charge in [0.05, 0.1) is 25.2 Å². The lowest BCUT2D eigenvalue weighted by Crippen LogP contribution is -2.56. The molecule has 0 radical (unpaired) electrons. The van der Waals surface area contributed by atoms with Crippen LogP contribution in [-0.2, 0) is 23.9 Å². The Morgan fingerprint density at radius 1 is 1.24 bits per heavy atom. The minimum atomic E-state index is -1.16. The molecule has 9 heteroatoms. The number of amides is 2. The van der Waals surface area contributed by atoms with Gasteiger partial charge in [-0.3, -0.25) is 14.4 Å². The first-order chi connectivity index (χ1) is 18.3. The molecule has 2 unspecified atom stereocenters. The number of likely N-dealkylation sites (tertiary alicyclic amines) is 1. The predicted octanol–water partition coefficient (Wildman–Crippen LogP) is 2.87. The predicted molar refractivity (Wildman–Crippen MR) is 142 cm³/mol. The summed E-state index contributed by atoms with van der Waals surface area (Å²) in [6, 6.07) is 6.15. The second-order valence-electron chi connectivity index (χ2n) is 10.1. The number of carbonyl (C=O) groups is 3. The van der Waals surface area contributed by atoms with Crippen molar-refractivity contribution in [2.24, 2.45) is 11.8 Å². The summed E-state index contributed by atoms with van der Waals surface area (Å²) >= 11 is 0. The summed E-state index contributed by atoms with van der Waals surface area (Å²) in [5.74, 6) is -2.06. The van der Waals surface area contributed by atoms with Crippen LogP contribution in [0.5, 0.6) is 5.75 Å². The van der Waals surface area contributed by atoms with Gasteiger partial charge in [0.1, 0.15) is 23.3 Å². The Hall–Kier alpha value is -3.17. The van der Waals surface area contributed by atoms with Gasteiger partial charge in [-0.2, -0.15) is 0 Å². The third-order valence-electron chi connectivity index (χ3n) is 8.25. The van der Waals surface area contributed by atoms with Crippen molar-refractivity contribution in [2.75, 3.05) is 38.3 Å². The lowest BCUT2D eigenvalue weighted by Gasteiger charge is -2.37. The van der Waals surface area contributed by atoms with Crippen LogP contribution in [-0.4, -0.2) is 78.4 Å². The van der Waals surface area contributed by atoms with Crippen LogP contribution >= 0.6 is 0 Å². The van der Waals surface area contributed by atoms with E-state index in [2.05, 4.69) is 13.2 Å². The normalized spacial score (nSPS) is 29.2. The molecule has 4 rings (SSSR count). The Kier molecular flexibility index (Phi) is 8.28. The van der Waals surface area contributed by atoms with Crippen molar-refractivity contribution in [3.05, 3.63) is 49.6 Å². The second-order valence-corrected chi connectivity index (χ2v) is 10.1. The molecule has 206 valence electrons. The third-order valence-corrected chi connectivity index (χ3v) is 8.25. The van der Waals surface area contributed by atoms with E-state index in [1.165, 1.54) is 4.90 Å². The maximum atomic E-state index is 14.4. The topological polar surface area (TPSA) is 106 Å². The number of hydrogen-bond acceptors (Lipinski definition) is 7. The monoisotopic (exact) mass is 526 g/mol. The van der Waals surface area contributed by atoms with Crippen LogP contribution in [0, 0.1) is 11.8 Å². The summed E-state index contributed by atoms with van der Waals surface area (Å²) in [5, 5.41) is 9.56. The van der Waals surface area contributed by atoms with Gasteiger partial charge < -0.3 is 29.1 Å². The molecule has 1 spiro atoms. The summed E-state index contributed by atoms with van der Waals surface area (Å²) in [7, 11) is 1.57. The average molecular weight is 527 g/mol. The van der Waals surface area contributed by atoms with Gasteiger partial charge in [-0.15, -0.1) is 13.2 Å². The fourth-order valence-electron chi connectivity index (χ4n) is 6.53. The number of methoxy groups -OCH3 is 1. The molecule has 3 aliphatic heterocycles. The van der Waals surface area contributed by atoms with Gasteiger partial charge in [0, 0.05) is 25.4 Å². The smallest absolute Gasteiger partial charge is 0.312 e. The van der Waals surface area contributed by atoms with E-state index in [0.29, 0.717) is 43.5 Å². The van der Waals surface area contributed by atoms with E-state index in [0.717, 1.165) is 0 Å². The quantitative estimate of drug-likeness (QED) is 0.239. The number of aliphatic hydroxyl groups is 1. The van der Waals surface area contributed by atoms with Crippen molar-refractivity contribution in [3.63, 3.8) is 0 Å². The highest BCUT2D eigenvalue weighted by Crippen LogP contribution is 2.64. The molecule has 3 saturated heterocycles. The van der Waals surface area contributed by atoms with Gasteiger partial charge in [0.25, 0.3) is 5.91 Å². The van der Waals surface area contributed by atoms with E-state index in [-0.39, 0.29) is 38.1 Å². The van der Waals surface area contributed by atoms with Crippen molar-refractivity contribution in [1.29, 1.82) is 0 Å². The van der Waals surface area contributed by atoms with Gasteiger partial charge in [-0.1, -0.05) is 19.1 Å². The van der Waals surface area contributed by atoms with E-state index in [9.17, 15) is 19.5 Å². The molecular formula is C29H38N2O7. The van der Waals surface area contributed by atoms with Crippen LogP contribution in [0.15, 0.2) is 49.6 Å². The maximum absolute atomic E-state index is 14.4. The van der Waals surface area contributed by atoms with Gasteiger partial charge in [-0.25, -0.2) is 0 Å². The van der Waals surface area contributed by atoms with E-state index in [1.807, 2.05) is 6.92 Å². The highest BCUT2D eigenvalue weighted by molar-refractivity contribution is 6.04. The van der Waals surface area contributed by atoms with Crippen LogP contribution in [0.25, 0.3) is 0 Å². The van der Waals surface area contributed by atoms with Crippen molar-refractivity contribution in [2.45, 2.75) is 56.3 Å². The molecule has 5 atom stereocenters. The molecule has 9 nitrogen and oxygen atoms in total. The molecular weight excluding hydrogens is 488 g/mol. The number of fused-ring (bicyclic) bond motifs is 1. The van der Waals surface area contributed by atoms with Gasteiger partial charge in [0.15, 0.2) is 0 Å². The largest absolute Gasteiger partial charge is 0.497 e. The highest BCUT2D eigenvalue weighted by Gasteiger charge is 2.79. The molecule has 0 aromatic heterocycles. The number of hydrogen-bond donors (Lipinski definition) is 1. The van der Waals surface area contributed by atoms with Gasteiger partial charge in [-0.05, 0) is 56.4 Å². The summed E-state index contributed by atoms with van der Waals surface area (Å²) in [6.07, 6.45) is 5.65. The number of carbonyl (C=O) groups excluding carboxylic acids is 3. The van der Waals surface area contributed by atoms with E-state index < -0.39 is 35.0 Å². The van der Waals surface area contributed by atoms with Crippen LogP contribution in [0.1, 0.15) is 39.0 Å². The number of aliphatic hydroxyl groups excluding tert-OH is 1. The Morgan fingerprint density at radius 3 is 2.58 bits per heavy atom. The van der Waals surface area contributed by atoms with E-state index in [1.54, 1.807) is 48.4 Å². The van der Waals surface area contributed by atoms with Crippen LogP contribution in [0.2, 0.25) is 0 Å². The number of ether oxygens (including phenoxy) is 3. The van der Waals surface area contributed by atoms with Crippen LogP contribution in [0.3, 0.4) is 0 Å². The molecule has 3 heterocycles. The molecule has 0 aliphatic carbocycles. The Balaban J connectivity index is 1.76. The SMILES string of the molecule is C=CCCOC(=O)[C@H]1[C@H]2C(=O)N(CCCO)C(C(=O)N(CC=C)c3ccc(OC)cc3)C23CC[C@]1(CC)O3. The molecule has 2 amide bonds. The molecule has 3 aliphatic rings. The molecule has 3 fully saturated rings. The zero-order valence-electron chi connectivity index (χ0n) is 22.3. The molecule has 1 aromatic carbocycles. The second kappa shape index (κ2) is 11.3. The Morgan fingerprint density at radius 2 is 1.97 bits per heavy atom. The fourth-order valence-corrected chi connectivity index (χ4v) is 6.53. The Labute approximate surface area is 224 Å². The first-order valence-electron chi connectivity index (χ1n) is 13.3. The van der Waals surface area contributed by atoms with E-state index >= 15 is 0 Å². The fraction of sp³-hybridized carbons (Fsp3) is 0.552. The first-order valence-corrected chi connectivity index (χ1v) is 13.3. The number of esters is 1. The number of nitrogens with zero attached hydrogens (tertiary/aromatic N) is 2. The molecule has 38 heavy (non-hydrogen) atoms. The number of benzene rings is 1. The molecule has 2 bridgehead atoms. The van der Waals surface area contributed by atoms with Gasteiger partial charge >= 0.3 is 5.97 Å². The van der Waals surface area contributed by atoms with Crippen molar-refractivity contribution in [1.82, 2.24) is 4.90 Å². The molecule has 1 aromatic rings. The molecule has 0 saturated carbocycles. The summed E-state index contributed by atoms with van der Waals surface area (Å²) in [6.45, 7) is 9.87. The number of rotatable bonds is 13. The summed E-state index contributed by atoms with van der Waals surface area (Å²) < 4.78 is 17.6. The van der Waals surface area contributed by atoms with Crippen molar-refractivity contribution < 1.29 is 33.7 Å². The van der Waals surface area contributed by atoms with Crippen LogP contribution in [0.4, 0.5) is 5.69 Å². The standard InChI is InChI=1S/C29H38N2O7/c1-5-8-19-37-27(35)23-22-25(33)31(17-9-18-32)24(29(22)15-14-28(23,7-3)38-29)26(34)30(16-6-2)20-10-12-21(36-4)13-11-20/h5-6,10-13,22-24,32H,1-2,7-9,14-19H2,3-4H3/t22-,23+,24?,28-,29?/m0/s1. The summed E-state index contributed by atoms with van der Waals surface area (Å²) in [5.41, 5.74) is -1.40. The van der Waals surface area contributed by atoms with Gasteiger partial charge in [0.2, 0.25) is 5.91 Å². The minimum Gasteiger partial charge on any atom is -0.497 e. The molecule has 1 N–H and O–H groups in total. The Bertz CT molecular complexity index is 1070. The zero-order valence-corrected chi connectivity index (χ0v) is 22.3. The van der Waals surface area contributed by atoms with Crippen LogP contribution < -0.4 is 9.64 Å². The van der Waals surface area contributed by atoms with E-state index in [4.69, 9.17) is 14.2 Å². The third kappa shape index (κ3) is 4.41. The average Bonchev–Trinajstić information content (AvgIpc) is 3.54. The lowest BCUT2D eigenvalue weighted by atomic mass is 9.65. The van der Waals surface area contributed by atoms with Crippen molar-refractivity contribution in [3.8, 4) is 5.75 Å². The highest BCUT2D eigenvalue weighted by atomic mass is 16.6. The number of anilines is 1. The first kappa shape index (κ1) is 27.9. The zero-order chi connectivity index (χ0) is 27.5. The minimum absolute atomic E-state index is 0.135. The summed E-state index contributed by atoms with van der Waals surface area (Å²) in [4.78, 5) is 44.9.